The van der Waals surface area contributed by atoms with Gasteiger partial charge in [0, 0.05) is 37.8 Å². The number of rotatable bonds is 8. The van der Waals surface area contributed by atoms with Crippen LogP contribution in [0, 0.1) is 19.8 Å². The van der Waals surface area contributed by atoms with Crippen molar-refractivity contribution in [3.63, 3.8) is 0 Å². The van der Waals surface area contributed by atoms with Crippen LogP contribution in [0.1, 0.15) is 67.4 Å². The quantitative estimate of drug-likeness (QED) is 0.275. The zero-order valence-electron chi connectivity index (χ0n) is 29.3. The Bertz CT molecular complexity index is 1580. The van der Waals surface area contributed by atoms with Gasteiger partial charge < -0.3 is 44.1 Å². The number of urea groups is 1. The summed E-state index contributed by atoms with van der Waals surface area (Å²) in [5.74, 6) is 2.02. The molecule has 2 aliphatic rings. The van der Waals surface area contributed by atoms with Gasteiger partial charge >= 0.3 is 6.03 Å². The van der Waals surface area contributed by atoms with Gasteiger partial charge in [0.15, 0.2) is 17.3 Å². The third-order valence-electron chi connectivity index (χ3n) is 8.96. The average Bonchev–Trinajstić information content (AvgIpc) is 3.67. The first-order chi connectivity index (χ1) is 23.5. The van der Waals surface area contributed by atoms with Crippen LogP contribution in [0.25, 0.3) is 0 Å². The molecule has 13 nitrogen and oxygen atoms in total. The molecule has 3 amide bonds. The first-order valence-electron chi connectivity index (χ1n) is 16.9. The largest absolute Gasteiger partial charge is 0.490 e. The van der Waals surface area contributed by atoms with E-state index in [1.165, 1.54) is 0 Å². The fraction of sp³-hybridized carbons (Fsp3) is 0.528. The van der Waals surface area contributed by atoms with E-state index in [-0.39, 0.29) is 37.4 Å². The number of amides is 3. The molecule has 3 aromatic rings. The molecule has 5 rings (SSSR count). The van der Waals surface area contributed by atoms with Gasteiger partial charge in [0.05, 0.1) is 30.4 Å². The molecule has 0 fully saturated rings. The number of aromatic nitrogens is 1. The van der Waals surface area contributed by atoms with Crippen molar-refractivity contribution in [3.05, 3.63) is 59.0 Å². The minimum absolute atomic E-state index is 0.0782. The summed E-state index contributed by atoms with van der Waals surface area (Å²) in [5, 5.41) is 19.7. The molecule has 0 saturated heterocycles. The summed E-state index contributed by atoms with van der Waals surface area (Å²) in [6.45, 7) is 11.6. The Kier molecular flexibility index (Phi) is 12.0. The van der Waals surface area contributed by atoms with Crippen LogP contribution in [-0.4, -0.2) is 90.4 Å². The van der Waals surface area contributed by atoms with E-state index in [1.807, 2.05) is 32.0 Å². The van der Waals surface area contributed by atoms with Gasteiger partial charge in [-0.2, -0.15) is 0 Å². The van der Waals surface area contributed by atoms with Gasteiger partial charge in [-0.25, -0.2) is 4.79 Å². The molecule has 49 heavy (non-hydrogen) atoms. The standard InChI is InChI=1S/C36H49N5O8/c1-22-17-41(23(2)20-42)35(43)29-16-28(37-36(44)38-34-25(4)39-49-26(34)5)11-13-30(29)48-24(3)9-7-8-14-45-33(22)19-40(6)18-27-10-12-31-32(15-27)47-21-46-31/h10-13,15-16,22-24,33,42H,7-9,14,17-21H2,1-6H3,(H2,37,38,44)/t22-,23-,24+,33+/m0/s1. The third kappa shape index (κ3) is 9.22. The Hall–Kier alpha value is -4.33. The number of anilines is 2. The fourth-order valence-electron chi connectivity index (χ4n) is 6.12. The molecule has 4 atom stereocenters. The molecule has 3 N–H and O–H groups in total. The molecule has 13 heteroatoms. The minimum Gasteiger partial charge on any atom is -0.490 e. The van der Waals surface area contributed by atoms with Crippen molar-refractivity contribution >= 4 is 23.3 Å². The van der Waals surface area contributed by atoms with E-state index in [1.54, 1.807) is 36.9 Å². The zero-order chi connectivity index (χ0) is 35.1. The van der Waals surface area contributed by atoms with Crippen molar-refractivity contribution in [2.24, 2.45) is 5.92 Å². The number of hydrogen-bond acceptors (Lipinski definition) is 10. The van der Waals surface area contributed by atoms with Gasteiger partial charge in [-0.15, -0.1) is 0 Å². The van der Waals surface area contributed by atoms with E-state index in [9.17, 15) is 14.7 Å². The van der Waals surface area contributed by atoms with Gasteiger partial charge in [0.2, 0.25) is 6.79 Å². The molecule has 0 bridgehead atoms. The van der Waals surface area contributed by atoms with E-state index < -0.39 is 12.1 Å². The second-order valence-corrected chi connectivity index (χ2v) is 13.2. The number of fused-ring (bicyclic) bond motifs is 2. The summed E-state index contributed by atoms with van der Waals surface area (Å²) in [7, 11) is 2.05. The summed E-state index contributed by atoms with van der Waals surface area (Å²) in [5.41, 5.74) is 2.84. The van der Waals surface area contributed by atoms with Crippen molar-refractivity contribution in [3.8, 4) is 17.2 Å². The maximum absolute atomic E-state index is 14.4. The maximum atomic E-state index is 14.4. The number of carbonyl (C=O) groups is 2. The number of carbonyl (C=O) groups excluding carboxylic acids is 2. The summed E-state index contributed by atoms with van der Waals surface area (Å²) in [4.78, 5) is 31.2. The van der Waals surface area contributed by atoms with Crippen LogP contribution in [0.5, 0.6) is 17.2 Å². The summed E-state index contributed by atoms with van der Waals surface area (Å²) < 4.78 is 29.0. The summed E-state index contributed by atoms with van der Waals surface area (Å²) in [6, 6.07) is 10.0. The van der Waals surface area contributed by atoms with E-state index in [0.717, 1.165) is 36.3 Å². The van der Waals surface area contributed by atoms with Gasteiger partial charge in [-0.1, -0.05) is 18.1 Å². The van der Waals surface area contributed by atoms with Crippen molar-refractivity contribution in [1.29, 1.82) is 0 Å². The lowest BCUT2D eigenvalue weighted by Crippen LogP contribution is -2.47. The monoisotopic (exact) mass is 679 g/mol. The van der Waals surface area contributed by atoms with E-state index in [0.29, 0.717) is 60.4 Å². The van der Waals surface area contributed by atoms with Crippen molar-refractivity contribution < 1.29 is 38.2 Å². The fourth-order valence-corrected chi connectivity index (χ4v) is 6.12. The maximum Gasteiger partial charge on any atom is 0.323 e. The first-order valence-corrected chi connectivity index (χ1v) is 16.9. The number of nitrogens with zero attached hydrogens (tertiary/aromatic N) is 3. The van der Waals surface area contributed by atoms with E-state index >= 15 is 0 Å². The lowest BCUT2D eigenvalue weighted by molar-refractivity contribution is -0.0177. The molecular formula is C36H49N5O8. The highest BCUT2D eigenvalue weighted by Gasteiger charge is 2.30. The molecule has 3 heterocycles. The van der Waals surface area contributed by atoms with Crippen LogP contribution < -0.4 is 24.8 Å². The van der Waals surface area contributed by atoms with Crippen molar-refractivity contribution in [1.82, 2.24) is 15.0 Å². The molecule has 0 spiro atoms. The predicted octanol–water partition coefficient (Wildman–Crippen LogP) is 5.59. The average molecular weight is 680 g/mol. The third-order valence-corrected chi connectivity index (χ3v) is 8.96. The number of aliphatic hydroxyl groups excluding tert-OH is 1. The second-order valence-electron chi connectivity index (χ2n) is 13.2. The molecule has 0 radical (unpaired) electrons. The van der Waals surface area contributed by atoms with E-state index in [4.69, 9.17) is 23.5 Å². The Balaban J connectivity index is 1.37. The number of likely N-dealkylation sites (N-methyl/N-ethyl adjacent to an activating group) is 1. The first kappa shape index (κ1) is 36.0. The van der Waals surface area contributed by atoms with Gasteiger partial charge in [-0.3, -0.25) is 9.69 Å². The lowest BCUT2D eigenvalue weighted by atomic mass is 10.0. The van der Waals surface area contributed by atoms with Crippen LogP contribution >= 0.6 is 0 Å². The highest BCUT2D eigenvalue weighted by Crippen LogP contribution is 2.33. The normalized spacial score (nSPS) is 20.7. The Morgan fingerprint density at radius 2 is 1.86 bits per heavy atom. The van der Waals surface area contributed by atoms with Gasteiger partial charge in [0.1, 0.15) is 17.1 Å². The summed E-state index contributed by atoms with van der Waals surface area (Å²) in [6.07, 6.45) is 2.19. The number of aliphatic hydroxyl groups is 1. The van der Waals surface area contributed by atoms with Crippen LogP contribution in [0.15, 0.2) is 40.9 Å². The van der Waals surface area contributed by atoms with Crippen molar-refractivity contribution in [2.45, 2.75) is 78.7 Å². The second kappa shape index (κ2) is 16.4. The molecule has 266 valence electrons. The molecule has 2 aliphatic heterocycles. The van der Waals surface area contributed by atoms with Crippen LogP contribution in [0.2, 0.25) is 0 Å². The molecular weight excluding hydrogens is 630 g/mol. The number of aryl methyl sites for hydroxylation is 2. The molecule has 0 aliphatic carbocycles. The zero-order valence-corrected chi connectivity index (χ0v) is 29.3. The van der Waals surface area contributed by atoms with Gasteiger partial charge in [0.25, 0.3) is 5.91 Å². The molecule has 0 unspecified atom stereocenters. The van der Waals surface area contributed by atoms with Crippen LogP contribution in [-0.2, 0) is 11.3 Å². The minimum atomic E-state index is -0.504. The SMILES string of the molecule is Cc1noc(C)c1NC(=O)Nc1ccc2c(c1)C(=O)N([C@@H](C)CO)C[C@H](C)[C@@H](CN(C)Cc1ccc3c(c1)OCO3)OCCCC[C@@H](C)O2. The molecule has 1 aromatic heterocycles. The van der Waals surface area contributed by atoms with Crippen molar-refractivity contribution in [2.75, 3.05) is 50.8 Å². The highest BCUT2D eigenvalue weighted by atomic mass is 16.7. The molecule has 0 saturated carbocycles. The van der Waals surface area contributed by atoms with Gasteiger partial charge in [-0.05, 0) is 89.9 Å². The number of nitrogens with one attached hydrogen (secondary N) is 2. The number of hydrogen-bond donors (Lipinski definition) is 3. The number of ether oxygens (including phenoxy) is 4. The Labute approximate surface area is 287 Å². The predicted molar refractivity (Wildman–Crippen MR) is 184 cm³/mol. The van der Waals surface area contributed by atoms with Crippen LogP contribution in [0.4, 0.5) is 16.2 Å². The smallest absolute Gasteiger partial charge is 0.323 e. The van der Waals surface area contributed by atoms with Crippen LogP contribution in [0.3, 0.4) is 0 Å². The number of benzene rings is 2. The highest BCUT2D eigenvalue weighted by molar-refractivity contribution is 6.03. The topological polar surface area (TPSA) is 148 Å². The Morgan fingerprint density at radius 3 is 2.61 bits per heavy atom. The molecule has 2 aromatic carbocycles. The van der Waals surface area contributed by atoms with E-state index in [2.05, 4.69) is 34.7 Å². The lowest BCUT2D eigenvalue weighted by Gasteiger charge is -2.36. The summed E-state index contributed by atoms with van der Waals surface area (Å²) >= 11 is 0. The Morgan fingerprint density at radius 1 is 1.08 bits per heavy atom.